The van der Waals surface area contributed by atoms with Crippen molar-refractivity contribution in [1.29, 1.82) is 0 Å². The summed E-state index contributed by atoms with van der Waals surface area (Å²) in [6.45, 7) is 2.32. The number of Topliss-reactive ketones (excluding diaryl/α,β-unsaturated/α-hetero) is 1. The summed E-state index contributed by atoms with van der Waals surface area (Å²) in [7, 11) is 0. The second kappa shape index (κ2) is 4.34. The van der Waals surface area contributed by atoms with Gasteiger partial charge in [-0.1, -0.05) is 43.2 Å². The summed E-state index contributed by atoms with van der Waals surface area (Å²) in [5.41, 5.74) is 3.56. The zero-order valence-electron chi connectivity index (χ0n) is 12.4. The number of rotatable bonds is 0. The number of benzene rings is 1. The minimum Gasteiger partial charge on any atom is -0.294 e. The van der Waals surface area contributed by atoms with Gasteiger partial charge in [0.1, 0.15) is 0 Å². The number of hydrogen-bond donors (Lipinski definition) is 0. The van der Waals surface area contributed by atoms with Crippen LogP contribution in [0, 0.1) is 29.6 Å². The molecule has 106 valence electrons. The summed E-state index contributed by atoms with van der Waals surface area (Å²) in [5.74, 6) is 4.78. The molecule has 0 bridgehead atoms. The topological polar surface area (TPSA) is 17.1 Å². The molecule has 4 rings (SSSR count). The van der Waals surface area contributed by atoms with E-state index in [4.69, 9.17) is 6.42 Å². The normalized spacial score (nSPS) is 37.0. The van der Waals surface area contributed by atoms with Crippen molar-refractivity contribution < 1.29 is 4.79 Å². The van der Waals surface area contributed by atoms with Gasteiger partial charge >= 0.3 is 0 Å². The Balaban J connectivity index is 1.77. The largest absolute Gasteiger partial charge is 0.294 e. The molecule has 1 saturated carbocycles. The third kappa shape index (κ3) is 1.62. The van der Waals surface area contributed by atoms with E-state index in [1.54, 1.807) is 0 Å². The minimum absolute atomic E-state index is 0.127. The molecule has 3 aliphatic rings. The van der Waals surface area contributed by atoms with Gasteiger partial charge in [-0.15, -0.1) is 6.42 Å². The molecule has 1 aromatic carbocycles. The van der Waals surface area contributed by atoms with E-state index >= 15 is 0 Å². The molecule has 0 saturated heterocycles. The molecule has 0 radical (unpaired) electrons. The number of terminal acetylenes is 1. The molecule has 0 amide bonds. The number of fused-ring (bicyclic) bond motifs is 5. The molecule has 0 spiro atoms. The van der Waals surface area contributed by atoms with E-state index in [0.717, 1.165) is 24.8 Å². The molecule has 0 unspecified atom stereocenters. The summed E-state index contributed by atoms with van der Waals surface area (Å²) in [6.07, 6.45) is 12.0. The van der Waals surface area contributed by atoms with E-state index in [2.05, 4.69) is 31.1 Å². The Morgan fingerprint density at radius 3 is 2.95 bits per heavy atom. The zero-order valence-corrected chi connectivity index (χ0v) is 12.4. The Kier molecular flexibility index (Phi) is 2.67. The molecule has 1 fully saturated rings. The lowest BCUT2D eigenvalue weighted by Gasteiger charge is -2.49. The molecular formula is C20H20O. The molecule has 0 aliphatic heterocycles. The van der Waals surface area contributed by atoms with Gasteiger partial charge in [0.05, 0.1) is 0 Å². The Morgan fingerprint density at radius 2 is 2.14 bits per heavy atom. The average molecular weight is 276 g/mol. The molecule has 0 aromatic heterocycles. The molecule has 1 aromatic rings. The Labute approximate surface area is 126 Å². The van der Waals surface area contributed by atoms with Crippen LogP contribution in [0.15, 0.2) is 35.9 Å². The zero-order chi connectivity index (χ0) is 14.6. The van der Waals surface area contributed by atoms with Crippen molar-refractivity contribution in [2.24, 2.45) is 17.3 Å². The fourth-order valence-corrected chi connectivity index (χ4v) is 5.15. The second-order valence-electron chi connectivity index (χ2n) is 7.05. The Hall–Kier alpha value is -1.81. The van der Waals surface area contributed by atoms with Crippen LogP contribution in [0.3, 0.4) is 0 Å². The first-order valence-corrected chi connectivity index (χ1v) is 7.94. The highest BCUT2D eigenvalue weighted by atomic mass is 16.1. The standard InChI is InChI=1S/C20H20O/c1-3-13-8-9-18-17-12-19(21)16-7-5-4-6-14(16)15(17)10-11-20(13,18)2/h1,4-8,15,17-18H,9-12H2,2H3/t15-,17-,18+,20-/m1/s1. The minimum atomic E-state index is 0.127. The molecule has 3 aliphatic carbocycles. The quantitative estimate of drug-likeness (QED) is 0.644. The van der Waals surface area contributed by atoms with E-state index < -0.39 is 0 Å². The first-order chi connectivity index (χ1) is 10.1. The molecular weight excluding hydrogens is 256 g/mol. The van der Waals surface area contributed by atoms with Crippen molar-refractivity contribution in [1.82, 2.24) is 0 Å². The Bertz CT molecular complexity index is 690. The number of carbonyl (C=O) groups is 1. The predicted molar refractivity (Wildman–Crippen MR) is 84.0 cm³/mol. The summed E-state index contributed by atoms with van der Waals surface area (Å²) in [6, 6.07) is 8.22. The summed E-state index contributed by atoms with van der Waals surface area (Å²) >= 11 is 0. The third-order valence-electron chi connectivity index (χ3n) is 6.26. The van der Waals surface area contributed by atoms with Gasteiger partial charge in [0.25, 0.3) is 0 Å². The van der Waals surface area contributed by atoms with Crippen LogP contribution in [-0.2, 0) is 0 Å². The molecule has 4 atom stereocenters. The lowest BCUT2D eigenvalue weighted by molar-refractivity contribution is 0.0637. The first-order valence-electron chi connectivity index (χ1n) is 7.94. The average Bonchev–Trinajstić information content (AvgIpc) is 2.84. The van der Waals surface area contributed by atoms with Crippen molar-refractivity contribution >= 4 is 5.78 Å². The highest BCUT2D eigenvalue weighted by Crippen LogP contribution is 2.60. The van der Waals surface area contributed by atoms with Crippen LogP contribution < -0.4 is 0 Å². The first kappa shape index (κ1) is 12.9. The second-order valence-corrected chi connectivity index (χ2v) is 7.05. The van der Waals surface area contributed by atoms with Gasteiger partial charge in [-0.25, -0.2) is 0 Å². The van der Waals surface area contributed by atoms with Crippen LogP contribution in [0.2, 0.25) is 0 Å². The van der Waals surface area contributed by atoms with E-state index in [9.17, 15) is 4.79 Å². The number of allylic oxidation sites excluding steroid dienone is 2. The van der Waals surface area contributed by atoms with Crippen molar-refractivity contribution in [3.05, 3.63) is 47.0 Å². The van der Waals surface area contributed by atoms with Crippen LogP contribution in [0.25, 0.3) is 0 Å². The maximum absolute atomic E-state index is 12.5. The fraction of sp³-hybridized carbons (Fsp3) is 0.450. The van der Waals surface area contributed by atoms with Crippen LogP contribution >= 0.6 is 0 Å². The van der Waals surface area contributed by atoms with Crippen LogP contribution in [0.1, 0.15) is 54.4 Å². The summed E-state index contributed by atoms with van der Waals surface area (Å²) in [4.78, 5) is 12.5. The predicted octanol–water partition coefficient (Wildman–Crippen LogP) is 4.35. The molecule has 0 heterocycles. The van der Waals surface area contributed by atoms with Crippen molar-refractivity contribution in [2.75, 3.05) is 0 Å². The number of hydrogen-bond acceptors (Lipinski definition) is 1. The van der Waals surface area contributed by atoms with Crippen LogP contribution in [0.5, 0.6) is 0 Å². The summed E-state index contributed by atoms with van der Waals surface area (Å²) in [5, 5.41) is 0. The van der Waals surface area contributed by atoms with E-state index in [1.807, 2.05) is 12.1 Å². The SMILES string of the molecule is C#CC1=CC[C@H]2[C@@H]3CC(=O)c4ccccc4[C@H]3CC[C@]12C. The maximum Gasteiger partial charge on any atom is 0.163 e. The van der Waals surface area contributed by atoms with Gasteiger partial charge in [0.2, 0.25) is 0 Å². The molecule has 1 heteroatoms. The summed E-state index contributed by atoms with van der Waals surface area (Å²) < 4.78 is 0. The number of ketones is 1. The molecule has 21 heavy (non-hydrogen) atoms. The van der Waals surface area contributed by atoms with E-state index in [-0.39, 0.29) is 5.41 Å². The van der Waals surface area contributed by atoms with Crippen LogP contribution in [0.4, 0.5) is 0 Å². The highest BCUT2D eigenvalue weighted by Gasteiger charge is 2.52. The van der Waals surface area contributed by atoms with Gasteiger partial charge in [0, 0.05) is 23.0 Å². The van der Waals surface area contributed by atoms with E-state index in [1.165, 1.54) is 11.1 Å². The van der Waals surface area contributed by atoms with Gasteiger partial charge in [-0.2, -0.15) is 0 Å². The lowest BCUT2D eigenvalue weighted by atomic mass is 9.54. The maximum atomic E-state index is 12.5. The van der Waals surface area contributed by atoms with Gasteiger partial charge in [-0.3, -0.25) is 4.79 Å². The van der Waals surface area contributed by atoms with E-state index in [0.29, 0.717) is 30.0 Å². The molecule has 1 nitrogen and oxygen atoms in total. The molecule has 0 N–H and O–H groups in total. The van der Waals surface area contributed by atoms with Gasteiger partial charge in [-0.05, 0) is 42.6 Å². The Morgan fingerprint density at radius 1 is 1.33 bits per heavy atom. The van der Waals surface area contributed by atoms with Crippen molar-refractivity contribution in [2.45, 2.75) is 38.5 Å². The van der Waals surface area contributed by atoms with Gasteiger partial charge in [0.15, 0.2) is 5.78 Å². The van der Waals surface area contributed by atoms with Crippen molar-refractivity contribution in [3.63, 3.8) is 0 Å². The lowest BCUT2D eigenvalue weighted by Crippen LogP contribution is -2.42. The van der Waals surface area contributed by atoms with Gasteiger partial charge < -0.3 is 0 Å². The monoisotopic (exact) mass is 276 g/mol. The highest BCUT2D eigenvalue weighted by molar-refractivity contribution is 5.99. The van der Waals surface area contributed by atoms with Crippen molar-refractivity contribution in [3.8, 4) is 12.3 Å². The smallest absolute Gasteiger partial charge is 0.163 e. The number of carbonyl (C=O) groups excluding carboxylic acids is 1. The van der Waals surface area contributed by atoms with Crippen LogP contribution in [-0.4, -0.2) is 5.78 Å². The third-order valence-corrected chi connectivity index (χ3v) is 6.26. The fourth-order valence-electron chi connectivity index (χ4n) is 5.15.